The molecule has 2 bridgehead atoms. The van der Waals surface area contributed by atoms with Crippen molar-refractivity contribution in [2.24, 2.45) is 17.3 Å². The number of amides is 1. The van der Waals surface area contributed by atoms with Crippen LogP contribution in [0.15, 0.2) is 102 Å². The highest BCUT2D eigenvalue weighted by molar-refractivity contribution is 5.96. The van der Waals surface area contributed by atoms with Gasteiger partial charge in [0.15, 0.2) is 23.6 Å². The van der Waals surface area contributed by atoms with Crippen LogP contribution in [0.25, 0.3) is 0 Å². The molecule has 15 heteroatoms. The van der Waals surface area contributed by atoms with Crippen molar-refractivity contribution in [3.63, 3.8) is 0 Å². The molecule has 1 heterocycles. The third-order valence-electron chi connectivity index (χ3n) is 13.6. The lowest BCUT2D eigenvalue weighted by atomic mass is 9.48. The van der Waals surface area contributed by atoms with Gasteiger partial charge in [-0.25, -0.2) is 9.59 Å². The van der Waals surface area contributed by atoms with Gasteiger partial charge >= 0.3 is 23.9 Å². The number of esters is 4. The monoisotopic (exact) mass is 837 g/mol. The number of fused-ring (bicyclic) bond motifs is 4. The van der Waals surface area contributed by atoms with Crippen LogP contribution >= 0.6 is 0 Å². The molecule has 12 atom stereocenters. The van der Waals surface area contributed by atoms with Gasteiger partial charge in [-0.05, 0) is 54.8 Å². The Labute approximate surface area is 351 Å². The van der Waals surface area contributed by atoms with Gasteiger partial charge in [0.05, 0.1) is 35.6 Å². The molecule has 0 radical (unpaired) electrons. The number of benzene rings is 3. The molecular weight excluding hydrogens is 790 g/mol. The summed E-state index contributed by atoms with van der Waals surface area (Å²) >= 11 is 0. The number of nitrogens with one attached hydrogen (secondary N) is 1. The second kappa shape index (κ2) is 15.3. The fraction of sp³-hybridized carbons (Fsp3) is 0.435. The lowest BCUT2D eigenvalue weighted by Crippen LogP contribution is -2.80. The Kier molecular flexibility index (Phi) is 10.5. The zero-order valence-corrected chi connectivity index (χ0v) is 33.9. The van der Waals surface area contributed by atoms with E-state index in [0.717, 1.165) is 13.8 Å². The molecule has 4 N–H and O–H groups in total. The van der Waals surface area contributed by atoms with Gasteiger partial charge in [-0.15, -0.1) is 0 Å². The van der Waals surface area contributed by atoms with Gasteiger partial charge in [0.2, 0.25) is 0 Å². The summed E-state index contributed by atoms with van der Waals surface area (Å²) in [5.74, 6) is -7.86. The van der Waals surface area contributed by atoms with Crippen molar-refractivity contribution in [3.8, 4) is 0 Å². The van der Waals surface area contributed by atoms with Gasteiger partial charge in [-0.2, -0.15) is 0 Å². The molecule has 0 spiro atoms. The average molecular weight is 838 g/mol. The summed E-state index contributed by atoms with van der Waals surface area (Å²) in [6, 6.07) is 23.1. The SMILES string of the molecule is CC(=O)O[C@H]1C(=O)[C@@]2(C)C([C@H](OC(=O)c3ccccc3)[C@]3(O)CC4(OC(=O)[C@H](O)[C@@H](NC(=O)c5ccccc5)c5ccccc5)C[C@H]3C1=C4C)[C@]1(OC(C)=O)COC1C[C@@H]2O. The Morgan fingerprint density at radius 2 is 1.46 bits per heavy atom. The van der Waals surface area contributed by atoms with Crippen molar-refractivity contribution in [1.29, 1.82) is 0 Å². The summed E-state index contributed by atoms with van der Waals surface area (Å²) in [5, 5.41) is 40.0. The smallest absolute Gasteiger partial charge is 0.338 e. The van der Waals surface area contributed by atoms with Crippen LogP contribution in [0.2, 0.25) is 0 Å². The first-order valence-corrected chi connectivity index (χ1v) is 20.2. The van der Waals surface area contributed by atoms with E-state index in [0.29, 0.717) is 5.56 Å². The molecule has 1 amide bonds. The van der Waals surface area contributed by atoms with E-state index in [1.165, 1.54) is 19.1 Å². The van der Waals surface area contributed by atoms with Gasteiger partial charge in [0.1, 0.15) is 23.4 Å². The fourth-order valence-corrected chi connectivity index (χ4v) is 10.7. The number of rotatable bonds is 10. The van der Waals surface area contributed by atoms with E-state index in [1.54, 1.807) is 85.8 Å². The number of aliphatic hydroxyl groups excluding tert-OH is 2. The first-order valence-electron chi connectivity index (χ1n) is 20.2. The molecule has 320 valence electrons. The number of Topliss-reactive ketones (excluding diaryl/α,β-unsaturated/α-hetero) is 1. The minimum absolute atomic E-state index is 0.0781. The van der Waals surface area contributed by atoms with Crippen LogP contribution in [0.1, 0.15) is 79.3 Å². The van der Waals surface area contributed by atoms with Crippen molar-refractivity contribution in [3.05, 3.63) is 119 Å². The van der Waals surface area contributed by atoms with Crippen molar-refractivity contribution in [2.75, 3.05) is 6.61 Å². The van der Waals surface area contributed by atoms with Gasteiger partial charge in [-0.1, -0.05) is 66.7 Å². The van der Waals surface area contributed by atoms with Crippen LogP contribution in [0.4, 0.5) is 0 Å². The molecular formula is C46H47NO14. The lowest BCUT2D eigenvalue weighted by molar-refractivity contribution is -0.341. The standard InChI is InChI=1S/C46H47NO14/c1-24-33-30-21-44(24,61-42(55)35(51)34(27-14-8-5-9-15-27)47-40(53)28-16-10-6-11-17-28)22-45(30,56)39(59-41(54)29-18-12-7-13-19-29)37-43(4,38(52)36(33)58-25(2)48)31(50)20-32-46(37,23-57-32)60-26(3)49/h5-19,30-32,34-37,39,50-51,56H,20-23H2,1-4H3,(H,47,53)/t30-,31-,32?,34-,35+,36+,37?,39-,43+,44?,45-,46-/m0/s1. The van der Waals surface area contributed by atoms with E-state index >= 15 is 4.79 Å². The average Bonchev–Trinajstić information content (AvgIpc) is 3.69. The number of hydrogen-bond donors (Lipinski definition) is 4. The number of aliphatic hydroxyl groups is 3. The van der Waals surface area contributed by atoms with Crippen LogP contribution in [0.5, 0.6) is 0 Å². The van der Waals surface area contributed by atoms with E-state index in [1.807, 2.05) is 0 Å². The Hall–Kier alpha value is -5.74. The van der Waals surface area contributed by atoms with Gasteiger partial charge in [0.25, 0.3) is 5.91 Å². The molecule has 8 rings (SSSR count). The number of hydrogen-bond acceptors (Lipinski definition) is 14. The lowest BCUT2D eigenvalue weighted by Gasteiger charge is -2.65. The first-order chi connectivity index (χ1) is 29.0. The van der Waals surface area contributed by atoms with E-state index in [-0.39, 0.29) is 41.7 Å². The second-order valence-corrected chi connectivity index (χ2v) is 17.0. The molecule has 1 saturated heterocycles. The zero-order chi connectivity index (χ0) is 43.6. The Morgan fingerprint density at radius 1 is 0.852 bits per heavy atom. The Balaban J connectivity index is 1.26. The van der Waals surface area contributed by atoms with Crippen LogP contribution in [0.3, 0.4) is 0 Å². The highest BCUT2D eigenvalue weighted by Gasteiger charge is 2.80. The summed E-state index contributed by atoms with van der Waals surface area (Å²) in [7, 11) is 0. The Morgan fingerprint density at radius 3 is 2.03 bits per heavy atom. The molecule has 3 unspecified atom stereocenters. The van der Waals surface area contributed by atoms with E-state index < -0.39 is 113 Å². The largest absolute Gasteiger partial charge is 0.455 e. The summed E-state index contributed by atoms with van der Waals surface area (Å²) in [4.78, 5) is 83.2. The van der Waals surface area contributed by atoms with Crippen LogP contribution in [-0.2, 0) is 42.9 Å². The van der Waals surface area contributed by atoms with Crippen molar-refractivity contribution in [1.82, 2.24) is 5.32 Å². The molecule has 1 aliphatic heterocycles. The predicted molar refractivity (Wildman–Crippen MR) is 211 cm³/mol. The molecule has 4 fully saturated rings. The number of ketones is 1. The topological polar surface area (TPSA) is 221 Å². The quantitative estimate of drug-likeness (QED) is 0.131. The normalized spacial score (nSPS) is 34.2. The molecule has 3 aromatic rings. The minimum atomic E-state index is -2.26. The molecule has 5 aliphatic rings. The van der Waals surface area contributed by atoms with Crippen LogP contribution in [0, 0.1) is 17.3 Å². The molecule has 4 aliphatic carbocycles. The summed E-state index contributed by atoms with van der Waals surface area (Å²) in [6.45, 7) is 4.93. The van der Waals surface area contributed by atoms with E-state index in [2.05, 4.69) is 5.32 Å². The summed E-state index contributed by atoms with van der Waals surface area (Å²) in [5.41, 5.74) is -6.77. The molecule has 61 heavy (non-hydrogen) atoms. The van der Waals surface area contributed by atoms with E-state index in [9.17, 15) is 39.3 Å². The Bertz CT molecular complexity index is 2300. The van der Waals surface area contributed by atoms with Crippen molar-refractivity contribution < 1.29 is 67.8 Å². The van der Waals surface area contributed by atoms with Gasteiger partial charge in [-0.3, -0.25) is 19.2 Å². The van der Waals surface area contributed by atoms with Crippen LogP contribution in [-0.4, -0.2) is 105 Å². The predicted octanol–water partition coefficient (Wildman–Crippen LogP) is 3.10. The first kappa shape index (κ1) is 42.0. The number of carbonyl (C=O) groups excluding carboxylic acids is 6. The van der Waals surface area contributed by atoms with Crippen molar-refractivity contribution in [2.45, 2.75) is 100 Å². The maximum Gasteiger partial charge on any atom is 0.338 e. The third kappa shape index (κ3) is 6.65. The zero-order valence-electron chi connectivity index (χ0n) is 33.9. The number of ether oxygens (including phenoxy) is 5. The highest BCUT2D eigenvalue weighted by atomic mass is 16.6. The summed E-state index contributed by atoms with van der Waals surface area (Å²) < 4.78 is 30.4. The summed E-state index contributed by atoms with van der Waals surface area (Å²) in [6.07, 6.45) is -8.94. The van der Waals surface area contributed by atoms with Gasteiger partial charge in [0, 0.05) is 44.6 Å². The second-order valence-electron chi connectivity index (χ2n) is 17.0. The molecule has 3 saturated carbocycles. The minimum Gasteiger partial charge on any atom is -0.455 e. The maximum absolute atomic E-state index is 15.4. The molecule has 3 aromatic carbocycles. The fourth-order valence-electron chi connectivity index (χ4n) is 10.7. The number of carbonyl (C=O) groups is 6. The van der Waals surface area contributed by atoms with Gasteiger partial charge < -0.3 is 44.3 Å². The maximum atomic E-state index is 15.4. The molecule has 15 nitrogen and oxygen atoms in total. The van der Waals surface area contributed by atoms with Crippen molar-refractivity contribution >= 4 is 35.6 Å². The van der Waals surface area contributed by atoms with Crippen LogP contribution < -0.4 is 5.32 Å². The van der Waals surface area contributed by atoms with E-state index in [4.69, 9.17) is 23.7 Å². The molecule has 0 aromatic heterocycles. The third-order valence-corrected chi connectivity index (χ3v) is 13.6. The highest BCUT2D eigenvalue weighted by Crippen LogP contribution is 2.67.